The van der Waals surface area contributed by atoms with Crippen LogP contribution in [0.3, 0.4) is 0 Å². The highest BCUT2D eigenvalue weighted by atomic mass is 32.1. The Morgan fingerprint density at radius 3 is 2.50 bits per heavy atom. The molecular formula is C26H21FN4O4S. The van der Waals surface area contributed by atoms with E-state index >= 15 is 0 Å². The number of rotatable bonds is 4. The maximum Gasteiger partial charge on any atom is 0.332 e. The molecule has 3 N–H and O–H groups in total. The molecule has 1 aromatic heterocycles. The van der Waals surface area contributed by atoms with E-state index in [4.69, 9.17) is 5.73 Å². The largest absolute Gasteiger partial charge is 0.466 e. The summed E-state index contributed by atoms with van der Waals surface area (Å²) in [6, 6.07) is 12.8. The fraction of sp³-hybridized carbons (Fsp3) is 0.154. The average Bonchev–Trinajstić information content (AvgIpc) is 3.17. The third-order valence-electron chi connectivity index (χ3n) is 5.93. The van der Waals surface area contributed by atoms with Crippen LogP contribution in [0.2, 0.25) is 0 Å². The van der Waals surface area contributed by atoms with E-state index in [1.54, 1.807) is 12.1 Å². The van der Waals surface area contributed by atoms with E-state index in [0.29, 0.717) is 11.3 Å². The Morgan fingerprint density at radius 2 is 1.89 bits per heavy atom. The number of carbonyl (C=O) groups is 2. The zero-order chi connectivity index (χ0) is 26.1. The van der Waals surface area contributed by atoms with Gasteiger partial charge in [-0.2, -0.15) is 5.26 Å². The number of nitrogens with one attached hydrogen (secondary N) is 1. The van der Waals surface area contributed by atoms with Crippen LogP contribution in [0.5, 0.6) is 0 Å². The highest BCUT2D eigenvalue weighted by Crippen LogP contribution is 2.36. The van der Waals surface area contributed by atoms with Crippen molar-refractivity contribution in [3.05, 3.63) is 90.1 Å². The van der Waals surface area contributed by atoms with Gasteiger partial charge in [-0.3, -0.25) is 14.2 Å². The molecule has 2 aromatic carbocycles. The molecule has 10 heteroatoms. The second-order valence-corrected chi connectivity index (χ2v) is 9.17. The van der Waals surface area contributed by atoms with Crippen LogP contribution in [0, 0.1) is 31.0 Å². The number of halogens is 1. The first-order chi connectivity index (χ1) is 17.2. The summed E-state index contributed by atoms with van der Waals surface area (Å²) in [5.41, 5.74) is 8.57. The van der Waals surface area contributed by atoms with Crippen molar-refractivity contribution in [3.63, 3.8) is 0 Å². The van der Waals surface area contributed by atoms with Crippen LogP contribution in [0.15, 0.2) is 52.8 Å². The quantitative estimate of drug-likeness (QED) is 0.522. The number of nitrogens with two attached hydrogens (primary N) is 1. The van der Waals surface area contributed by atoms with Gasteiger partial charge in [0.05, 0.1) is 30.2 Å². The van der Waals surface area contributed by atoms with E-state index in [1.807, 2.05) is 26.0 Å². The van der Waals surface area contributed by atoms with Gasteiger partial charge >= 0.3 is 5.97 Å². The Hall–Kier alpha value is -4.49. The van der Waals surface area contributed by atoms with Gasteiger partial charge in [0.1, 0.15) is 20.8 Å². The molecule has 0 radical (unpaired) electrons. The Bertz CT molecular complexity index is 1660. The first-order valence-corrected chi connectivity index (χ1v) is 11.6. The summed E-state index contributed by atoms with van der Waals surface area (Å²) >= 11 is 0.875. The number of anilines is 1. The molecule has 2 heterocycles. The number of ether oxygens (including phenoxy) is 1. The van der Waals surface area contributed by atoms with Gasteiger partial charge in [-0.25, -0.2) is 9.18 Å². The predicted octanol–water partition coefficient (Wildman–Crippen LogP) is 1.86. The Morgan fingerprint density at radius 1 is 1.19 bits per heavy atom. The minimum Gasteiger partial charge on any atom is -0.466 e. The smallest absolute Gasteiger partial charge is 0.332 e. The molecule has 4 rings (SSSR count). The zero-order valence-corrected chi connectivity index (χ0v) is 20.4. The number of aromatic nitrogens is 1. The van der Waals surface area contributed by atoms with Crippen LogP contribution < -0.4 is 25.8 Å². The van der Waals surface area contributed by atoms with Gasteiger partial charge in [0.25, 0.3) is 11.5 Å². The number of thiazole rings is 1. The number of aryl methyl sites for hydroxylation is 2. The second kappa shape index (κ2) is 9.64. The maximum atomic E-state index is 13.7. The molecule has 8 nitrogen and oxygen atoms in total. The molecule has 1 aliphatic rings. The van der Waals surface area contributed by atoms with Crippen molar-refractivity contribution < 1.29 is 18.7 Å². The number of hydrogen-bond donors (Lipinski definition) is 2. The van der Waals surface area contributed by atoms with Crippen molar-refractivity contribution in [1.29, 1.82) is 5.26 Å². The summed E-state index contributed by atoms with van der Waals surface area (Å²) in [5.74, 6) is -2.98. The predicted molar refractivity (Wildman–Crippen MR) is 134 cm³/mol. The monoisotopic (exact) mass is 504 g/mol. The first kappa shape index (κ1) is 24.6. The number of nitriles is 1. The Kier molecular flexibility index (Phi) is 6.59. The number of amides is 1. The molecule has 0 fully saturated rings. The normalized spacial score (nSPS) is 15.4. The molecule has 182 valence electrons. The van der Waals surface area contributed by atoms with Crippen LogP contribution in [0.1, 0.15) is 22.6 Å². The van der Waals surface area contributed by atoms with Gasteiger partial charge in [-0.15, -0.1) is 11.3 Å². The van der Waals surface area contributed by atoms with E-state index in [0.717, 1.165) is 33.1 Å². The van der Waals surface area contributed by atoms with Crippen LogP contribution in [0.25, 0.3) is 17.5 Å². The molecule has 1 aliphatic heterocycles. The standard InChI is InChI=1S/C26H21FN4O4S/c1-13-4-9-17(10-14(13)2)30-24(33)22-21(15-5-7-16(27)8-6-15)18(12-28)23(29)31-25(34)19(36-26(22)31)11-20(32)35-3/h4-11,21H,29H2,1-3H3,(H,30,33)/b19-11-/t21-/m0/s1. The number of esters is 1. The van der Waals surface area contributed by atoms with Crippen molar-refractivity contribution in [1.82, 2.24) is 4.57 Å². The molecule has 0 saturated heterocycles. The van der Waals surface area contributed by atoms with Crippen molar-refractivity contribution in [3.8, 4) is 6.07 Å². The molecule has 3 aromatic rings. The van der Waals surface area contributed by atoms with E-state index in [9.17, 15) is 24.0 Å². The van der Waals surface area contributed by atoms with Crippen molar-refractivity contribution in [2.24, 2.45) is 5.73 Å². The van der Waals surface area contributed by atoms with E-state index in [1.165, 1.54) is 31.4 Å². The van der Waals surface area contributed by atoms with Crippen LogP contribution >= 0.6 is 11.3 Å². The molecule has 0 spiro atoms. The van der Waals surface area contributed by atoms with Crippen LogP contribution in [0.4, 0.5) is 10.1 Å². The summed E-state index contributed by atoms with van der Waals surface area (Å²) in [6.07, 6.45) is 1.00. The molecule has 0 unspecified atom stereocenters. The highest BCUT2D eigenvalue weighted by Gasteiger charge is 2.35. The summed E-state index contributed by atoms with van der Waals surface area (Å²) in [6.45, 7) is 3.85. The Balaban J connectivity index is 2.04. The second-order valence-electron chi connectivity index (χ2n) is 8.14. The average molecular weight is 505 g/mol. The minimum atomic E-state index is -0.980. The lowest BCUT2D eigenvalue weighted by Crippen LogP contribution is -2.40. The summed E-state index contributed by atoms with van der Waals surface area (Å²) < 4.78 is 19.5. The number of nitrogens with zero attached hydrogens (tertiary/aromatic N) is 2. The third kappa shape index (κ3) is 4.32. The van der Waals surface area contributed by atoms with E-state index < -0.39 is 29.2 Å². The fourth-order valence-electron chi connectivity index (χ4n) is 3.94. The number of methoxy groups -OCH3 is 1. The SMILES string of the molecule is COC(=O)/C=c1\sc2n(c1=O)C(N)=C(C#N)[C@H](c1ccc(F)cc1)C=2C(=O)Nc1ccc(C)c(C)c1. The van der Waals surface area contributed by atoms with Crippen LogP contribution in [-0.4, -0.2) is 23.6 Å². The number of carbonyl (C=O) groups excluding carboxylic acids is 2. The molecular weight excluding hydrogens is 483 g/mol. The summed E-state index contributed by atoms with van der Waals surface area (Å²) in [5, 5.41) is 12.8. The van der Waals surface area contributed by atoms with Gasteiger partial charge in [-0.05, 0) is 54.8 Å². The molecule has 0 bridgehead atoms. The topological polar surface area (TPSA) is 127 Å². The third-order valence-corrected chi connectivity index (χ3v) is 7.04. The molecule has 36 heavy (non-hydrogen) atoms. The summed E-state index contributed by atoms with van der Waals surface area (Å²) in [7, 11) is 1.17. The molecule has 1 amide bonds. The Labute approximate surface area is 209 Å². The van der Waals surface area contributed by atoms with Gasteiger partial charge in [-0.1, -0.05) is 18.2 Å². The molecule has 1 atom stereocenters. The summed E-state index contributed by atoms with van der Waals surface area (Å²) in [4.78, 5) is 38.7. The van der Waals surface area contributed by atoms with Gasteiger partial charge in [0, 0.05) is 11.8 Å². The van der Waals surface area contributed by atoms with Crippen molar-refractivity contribution in [2.75, 3.05) is 12.4 Å². The van der Waals surface area contributed by atoms with Gasteiger partial charge in [0.2, 0.25) is 0 Å². The fourth-order valence-corrected chi connectivity index (χ4v) is 5.07. The van der Waals surface area contributed by atoms with Crippen molar-refractivity contribution >= 4 is 46.4 Å². The van der Waals surface area contributed by atoms with E-state index in [2.05, 4.69) is 10.1 Å². The number of benzene rings is 2. The zero-order valence-electron chi connectivity index (χ0n) is 19.6. The van der Waals surface area contributed by atoms with Gasteiger partial charge in [0.15, 0.2) is 0 Å². The lowest BCUT2D eigenvalue weighted by molar-refractivity contribution is -0.133. The maximum absolute atomic E-state index is 13.7. The minimum absolute atomic E-state index is 0.0201. The molecule has 0 aliphatic carbocycles. The lowest BCUT2D eigenvalue weighted by Gasteiger charge is -2.25. The van der Waals surface area contributed by atoms with E-state index in [-0.39, 0.29) is 26.2 Å². The number of allylic oxidation sites excluding steroid dienone is 1. The molecule has 0 saturated carbocycles. The highest BCUT2D eigenvalue weighted by molar-refractivity contribution is 7.07. The number of hydrogen-bond acceptors (Lipinski definition) is 7. The van der Waals surface area contributed by atoms with Crippen molar-refractivity contribution in [2.45, 2.75) is 19.8 Å². The van der Waals surface area contributed by atoms with Crippen LogP contribution in [-0.2, 0) is 14.3 Å². The first-order valence-electron chi connectivity index (χ1n) is 10.8. The lowest BCUT2D eigenvalue weighted by atomic mass is 9.83. The number of fused-ring (bicyclic) bond motifs is 1. The van der Waals surface area contributed by atoms with Gasteiger partial charge < -0.3 is 15.8 Å².